The van der Waals surface area contributed by atoms with Crippen molar-refractivity contribution < 1.29 is 8.42 Å². The number of benzene rings is 1. The third-order valence-electron chi connectivity index (χ3n) is 2.91. The highest BCUT2D eigenvalue weighted by Crippen LogP contribution is 2.23. The van der Waals surface area contributed by atoms with Crippen LogP contribution in [0.1, 0.15) is 0 Å². The van der Waals surface area contributed by atoms with E-state index >= 15 is 0 Å². The molecule has 2 rings (SSSR count). The van der Waals surface area contributed by atoms with E-state index in [2.05, 4.69) is 15.0 Å². The molecule has 0 fully saturated rings. The second-order valence-electron chi connectivity index (χ2n) is 4.65. The van der Waals surface area contributed by atoms with Crippen molar-refractivity contribution in [3.63, 3.8) is 0 Å². The number of rotatable bonds is 5. The van der Waals surface area contributed by atoms with Crippen molar-refractivity contribution in [2.75, 3.05) is 36.1 Å². The minimum atomic E-state index is -3.69. The Morgan fingerprint density at radius 1 is 1.14 bits per heavy atom. The second-order valence-corrected chi connectivity index (χ2v) is 6.30. The van der Waals surface area contributed by atoms with Gasteiger partial charge in [-0.25, -0.2) is 13.4 Å². The topological polar surface area (TPSA) is 74.3 Å². The molecule has 21 heavy (non-hydrogen) atoms. The average molecular weight is 306 g/mol. The summed E-state index contributed by atoms with van der Waals surface area (Å²) in [4.78, 5) is 6.03. The molecule has 0 aliphatic heterocycles. The van der Waals surface area contributed by atoms with E-state index in [0.29, 0.717) is 11.5 Å². The first-order valence-corrected chi connectivity index (χ1v) is 7.85. The molecule has 1 heterocycles. The van der Waals surface area contributed by atoms with E-state index in [0.717, 1.165) is 5.69 Å². The third-order valence-corrected chi connectivity index (χ3v) is 4.32. The van der Waals surface area contributed by atoms with Crippen molar-refractivity contribution in [3.8, 4) is 0 Å². The molecule has 1 aromatic heterocycles. The molecule has 112 valence electrons. The van der Waals surface area contributed by atoms with Gasteiger partial charge in [0, 0.05) is 33.0 Å². The van der Waals surface area contributed by atoms with Crippen LogP contribution < -0.4 is 14.9 Å². The Morgan fingerprint density at radius 2 is 1.90 bits per heavy atom. The van der Waals surface area contributed by atoms with E-state index in [4.69, 9.17) is 0 Å². The van der Waals surface area contributed by atoms with Gasteiger partial charge >= 0.3 is 0 Å². The quantitative estimate of drug-likeness (QED) is 0.883. The molecule has 2 N–H and O–H groups in total. The van der Waals surface area contributed by atoms with Crippen LogP contribution in [0.15, 0.2) is 47.5 Å². The standard InChI is InChI=1S/C14H18N4O2S/c1-15-14-13(8-5-9-16-14)21(19,20)17-11-6-4-7-12(10-11)18(2)3/h4-10,17H,1-3H3,(H,15,16). The number of aromatic nitrogens is 1. The first-order valence-electron chi connectivity index (χ1n) is 6.37. The van der Waals surface area contributed by atoms with Gasteiger partial charge in [0.2, 0.25) is 0 Å². The highest BCUT2D eigenvalue weighted by molar-refractivity contribution is 7.92. The Kier molecular flexibility index (Phi) is 4.32. The maximum atomic E-state index is 12.5. The van der Waals surface area contributed by atoms with Gasteiger partial charge in [0.05, 0.1) is 5.69 Å². The number of nitrogens with zero attached hydrogens (tertiary/aromatic N) is 2. The monoisotopic (exact) mass is 306 g/mol. The van der Waals surface area contributed by atoms with Gasteiger partial charge in [-0.2, -0.15) is 0 Å². The lowest BCUT2D eigenvalue weighted by Gasteiger charge is -2.15. The maximum absolute atomic E-state index is 12.5. The Morgan fingerprint density at radius 3 is 2.57 bits per heavy atom. The summed E-state index contributed by atoms with van der Waals surface area (Å²) in [7, 11) is 1.73. The lowest BCUT2D eigenvalue weighted by atomic mass is 10.3. The first kappa shape index (κ1) is 15.1. The molecule has 0 spiro atoms. The van der Waals surface area contributed by atoms with Crippen LogP contribution in [-0.4, -0.2) is 34.5 Å². The van der Waals surface area contributed by atoms with Crippen LogP contribution >= 0.6 is 0 Å². The number of anilines is 3. The van der Waals surface area contributed by atoms with Crippen LogP contribution in [-0.2, 0) is 10.0 Å². The molecule has 7 heteroatoms. The fraction of sp³-hybridized carbons (Fsp3) is 0.214. The molecular weight excluding hydrogens is 288 g/mol. The molecule has 0 radical (unpaired) electrons. The summed E-state index contributed by atoms with van der Waals surface area (Å²) in [5.74, 6) is 0.314. The predicted octanol–water partition coefficient (Wildman–Crippen LogP) is 1.99. The molecule has 6 nitrogen and oxygen atoms in total. The fourth-order valence-corrected chi connectivity index (χ4v) is 3.07. The molecular formula is C14H18N4O2S. The normalized spacial score (nSPS) is 11.0. The van der Waals surface area contributed by atoms with Gasteiger partial charge in [0.1, 0.15) is 10.7 Å². The zero-order valence-corrected chi connectivity index (χ0v) is 13.0. The van der Waals surface area contributed by atoms with Gasteiger partial charge in [-0.1, -0.05) is 6.07 Å². The lowest BCUT2D eigenvalue weighted by molar-refractivity contribution is 0.601. The molecule has 2 aromatic rings. The zero-order valence-electron chi connectivity index (χ0n) is 12.2. The largest absolute Gasteiger partial charge is 0.378 e. The minimum Gasteiger partial charge on any atom is -0.378 e. The summed E-state index contributed by atoms with van der Waals surface area (Å²) < 4.78 is 27.5. The van der Waals surface area contributed by atoms with Gasteiger partial charge in [-0.05, 0) is 30.3 Å². The summed E-state index contributed by atoms with van der Waals surface area (Å²) in [6, 6.07) is 10.3. The van der Waals surface area contributed by atoms with E-state index in [9.17, 15) is 8.42 Å². The van der Waals surface area contributed by atoms with Crippen molar-refractivity contribution in [2.45, 2.75) is 4.90 Å². The highest BCUT2D eigenvalue weighted by Gasteiger charge is 2.19. The lowest BCUT2D eigenvalue weighted by Crippen LogP contribution is -2.16. The van der Waals surface area contributed by atoms with Crippen LogP contribution in [0.3, 0.4) is 0 Å². The number of pyridine rings is 1. The predicted molar refractivity (Wildman–Crippen MR) is 85.4 cm³/mol. The third kappa shape index (κ3) is 3.43. The highest BCUT2D eigenvalue weighted by atomic mass is 32.2. The van der Waals surface area contributed by atoms with Crippen LogP contribution in [0.25, 0.3) is 0 Å². The number of hydrogen-bond donors (Lipinski definition) is 2. The molecule has 0 atom stereocenters. The van der Waals surface area contributed by atoms with Crippen LogP contribution in [0.2, 0.25) is 0 Å². The summed E-state index contributed by atoms with van der Waals surface area (Å²) in [6.45, 7) is 0. The number of hydrogen-bond acceptors (Lipinski definition) is 5. The molecule has 0 amide bonds. The molecule has 0 saturated carbocycles. The fourth-order valence-electron chi connectivity index (χ4n) is 1.85. The molecule has 0 saturated heterocycles. The van der Waals surface area contributed by atoms with Gasteiger partial charge in [0.15, 0.2) is 0 Å². The second kappa shape index (κ2) is 6.01. The summed E-state index contributed by atoms with van der Waals surface area (Å²) >= 11 is 0. The van der Waals surface area contributed by atoms with Gasteiger partial charge < -0.3 is 10.2 Å². The Balaban J connectivity index is 2.35. The Labute approximate surface area is 124 Å². The van der Waals surface area contributed by atoms with Crippen LogP contribution in [0.4, 0.5) is 17.2 Å². The molecule has 0 bridgehead atoms. The first-order chi connectivity index (χ1) is 9.94. The van der Waals surface area contributed by atoms with Gasteiger partial charge in [0.25, 0.3) is 10.0 Å². The van der Waals surface area contributed by atoms with Crippen molar-refractivity contribution in [1.82, 2.24) is 4.98 Å². The molecule has 0 aliphatic carbocycles. The maximum Gasteiger partial charge on any atom is 0.265 e. The van der Waals surface area contributed by atoms with E-state index < -0.39 is 10.0 Å². The number of nitrogens with one attached hydrogen (secondary N) is 2. The van der Waals surface area contributed by atoms with Crippen LogP contribution in [0.5, 0.6) is 0 Å². The van der Waals surface area contributed by atoms with Crippen molar-refractivity contribution in [2.24, 2.45) is 0 Å². The number of sulfonamides is 1. The minimum absolute atomic E-state index is 0.114. The van der Waals surface area contributed by atoms with Crippen molar-refractivity contribution in [1.29, 1.82) is 0 Å². The Hall–Kier alpha value is -2.28. The van der Waals surface area contributed by atoms with Gasteiger partial charge in [-0.15, -0.1) is 0 Å². The average Bonchev–Trinajstić information content (AvgIpc) is 2.47. The van der Waals surface area contributed by atoms with E-state index in [1.165, 1.54) is 12.3 Å². The van der Waals surface area contributed by atoms with Crippen LogP contribution in [0, 0.1) is 0 Å². The van der Waals surface area contributed by atoms with Gasteiger partial charge in [-0.3, -0.25) is 4.72 Å². The molecule has 1 aromatic carbocycles. The summed E-state index contributed by atoms with van der Waals surface area (Å²) in [6.07, 6.45) is 1.54. The Bertz CT molecular complexity index is 729. The smallest absolute Gasteiger partial charge is 0.265 e. The van der Waals surface area contributed by atoms with E-state index in [1.807, 2.05) is 25.1 Å². The van der Waals surface area contributed by atoms with Crippen molar-refractivity contribution >= 4 is 27.2 Å². The zero-order chi connectivity index (χ0) is 15.5. The van der Waals surface area contributed by atoms with Crippen molar-refractivity contribution in [3.05, 3.63) is 42.6 Å². The molecule has 0 unspecified atom stereocenters. The van der Waals surface area contributed by atoms with E-state index in [1.54, 1.807) is 31.3 Å². The summed E-state index contributed by atoms with van der Waals surface area (Å²) in [5, 5.41) is 2.78. The SMILES string of the molecule is CNc1ncccc1S(=O)(=O)Nc1cccc(N(C)C)c1. The summed E-state index contributed by atoms with van der Waals surface area (Å²) in [5.41, 5.74) is 1.42. The molecule has 0 aliphatic rings. The van der Waals surface area contributed by atoms with E-state index in [-0.39, 0.29) is 4.90 Å².